The third-order valence-corrected chi connectivity index (χ3v) is 6.87. The van der Waals surface area contributed by atoms with Crippen LogP contribution in [0.1, 0.15) is 30.5 Å². The Morgan fingerprint density at radius 2 is 1.90 bits per heavy atom. The molecule has 2 aromatic carbocycles. The first-order valence-corrected chi connectivity index (χ1v) is 10.4. The molecule has 2 heterocycles. The molecule has 0 radical (unpaired) electrons. The van der Waals surface area contributed by atoms with Crippen molar-refractivity contribution in [2.45, 2.75) is 31.7 Å². The summed E-state index contributed by atoms with van der Waals surface area (Å²) in [5, 5.41) is 4.33. The van der Waals surface area contributed by atoms with Gasteiger partial charge in [-0.3, -0.25) is 9.59 Å². The minimum atomic E-state index is -0.538. The highest BCUT2D eigenvalue weighted by Gasteiger charge is 2.48. The average Bonchev–Trinajstić information content (AvgIpc) is 2.86. The maximum absolute atomic E-state index is 12.6. The molecule has 2 aliphatic rings. The minimum Gasteiger partial charge on any atom is -0.372 e. The number of likely N-dealkylation sites (N-methyl/N-ethyl adjacent to an activating group) is 1. The maximum Gasteiger partial charge on any atom is 0.246 e. The molecule has 4 rings (SSSR count). The van der Waals surface area contributed by atoms with Crippen LogP contribution in [0.3, 0.4) is 0 Å². The van der Waals surface area contributed by atoms with E-state index in [0.717, 1.165) is 28.1 Å². The highest BCUT2D eigenvalue weighted by atomic mass is 35.5. The molecule has 2 aliphatic heterocycles. The molecule has 2 amide bonds. The summed E-state index contributed by atoms with van der Waals surface area (Å²) in [6.07, 6.45) is 1.33. The van der Waals surface area contributed by atoms with Crippen molar-refractivity contribution in [3.8, 4) is 0 Å². The Morgan fingerprint density at radius 3 is 2.57 bits per heavy atom. The molecular weight excluding hydrogens is 398 g/mol. The van der Waals surface area contributed by atoms with Gasteiger partial charge in [0.1, 0.15) is 0 Å². The van der Waals surface area contributed by atoms with E-state index in [1.807, 2.05) is 57.2 Å². The lowest BCUT2D eigenvalue weighted by atomic mass is 9.80. The standard InChI is InChI=1S/C24H26ClN3O2/c1-6-20(29)28-13-24(14-28,18-9-7-8-15(2)21(18)25)26-16-10-11-17-19(12-16)27(5)22(30)23(17,3)4/h6-12,26H,1,13-14H2,2-5H3. The predicted molar refractivity (Wildman–Crippen MR) is 121 cm³/mol. The SMILES string of the molecule is C=CC(=O)N1CC(Nc2ccc3c(c2)N(C)C(=O)C3(C)C)(c2cccc(C)c2Cl)C1. The Balaban J connectivity index is 1.73. The number of fused-ring (bicyclic) bond motifs is 1. The maximum atomic E-state index is 12.6. The van der Waals surface area contributed by atoms with Gasteiger partial charge in [0.25, 0.3) is 0 Å². The van der Waals surface area contributed by atoms with Crippen molar-refractivity contribution >= 4 is 34.8 Å². The topological polar surface area (TPSA) is 52.7 Å². The van der Waals surface area contributed by atoms with Crippen molar-refractivity contribution < 1.29 is 9.59 Å². The third kappa shape index (κ3) is 2.91. The van der Waals surface area contributed by atoms with Crippen LogP contribution in [0.4, 0.5) is 11.4 Å². The molecule has 30 heavy (non-hydrogen) atoms. The lowest BCUT2D eigenvalue weighted by molar-refractivity contribution is -0.132. The van der Waals surface area contributed by atoms with Gasteiger partial charge in [-0.25, -0.2) is 0 Å². The van der Waals surface area contributed by atoms with E-state index in [-0.39, 0.29) is 11.8 Å². The predicted octanol–water partition coefficient (Wildman–Crippen LogP) is 4.24. The molecular formula is C24H26ClN3O2. The van der Waals surface area contributed by atoms with Gasteiger partial charge in [0.2, 0.25) is 11.8 Å². The molecule has 1 fully saturated rings. The van der Waals surface area contributed by atoms with Crippen molar-refractivity contribution in [3.05, 3.63) is 70.8 Å². The molecule has 156 valence electrons. The average molecular weight is 424 g/mol. The lowest BCUT2D eigenvalue weighted by Gasteiger charge is -2.51. The number of halogens is 1. The van der Waals surface area contributed by atoms with Gasteiger partial charge in [-0.2, -0.15) is 0 Å². The van der Waals surface area contributed by atoms with Gasteiger partial charge < -0.3 is 15.1 Å². The summed E-state index contributed by atoms with van der Waals surface area (Å²) in [6.45, 7) is 10.4. The zero-order valence-corrected chi connectivity index (χ0v) is 18.5. The van der Waals surface area contributed by atoms with Crippen molar-refractivity contribution in [2.24, 2.45) is 0 Å². The lowest BCUT2D eigenvalue weighted by Crippen LogP contribution is -2.64. The molecule has 0 aliphatic carbocycles. The van der Waals surface area contributed by atoms with Crippen LogP contribution in [-0.2, 0) is 20.5 Å². The molecule has 0 unspecified atom stereocenters. The largest absolute Gasteiger partial charge is 0.372 e. The van der Waals surface area contributed by atoms with Crippen molar-refractivity contribution in [2.75, 3.05) is 30.4 Å². The number of hydrogen-bond acceptors (Lipinski definition) is 3. The van der Waals surface area contributed by atoms with E-state index in [9.17, 15) is 9.59 Å². The minimum absolute atomic E-state index is 0.0810. The van der Waals surface area contributed by atoms with Crippen LogP contribution >= 0.6 is 11.6 Å². The van der Waals surface area contributed by atoms with Gasteiger partial charge in [0.15, 0.2) is 0 Å². The number of hydrogen-bond donors (Lipinski definition) is 1. The number of nitrogens with zero attached hydrogens (tertiary/aromatic N) is 2. The molecule has 0 spiro atoms. The van der Waals surface area contributed by atoms with E-state index in [0.29, 0.717) is 18.1 Å². The Kier molecular flexibility index (Phi) is 4.70. The Labute approximate surface area is 182 Å². The van der Waals surface area contributed by atoms with E-state index >= 15 is 0 Å². The number of anilines is 2. The van der Waals surface area contributed by atoms with E-state index in [4.69, 9.17) is 11.6 Å². The molecule has 5 nitrogen and oxygen atoms in total. The van der Waals surface area contributed by atoms with Crippen LogP contribution in [0.25, 0.3) is 0 Å². The van der Waals surface area contributed by atoms with Gasteiger partial charge in [-0.15, -0.1) is 0 Å². The number of rotatable bonds is 4. The molecule has 0 atom stereocenters. The van der Waals surface area contributed by atoms with Crippen LogP contribution in [0.2, 0.25) is 5.02 Å². The Bertz CT molecular complexity index is 1070. The van der Waals surface area contributed by atoms with Crippen molar-refractivity contribution in [1.82, 2.24) is 4.90 Å². The van der Waals surface area contributed by atoms with Gasteiger partial charge >= 0.3 is 0 Å². The second-order valence-corrected chi connectivity index (χ2v) is 9.14. The molecule has 6 heteroatoms. The van der Waals surface area contributed by atoms with Gasteiger partial charge in [-0.05, 0) is 55.7 Å². The zero-order chi connectivity index (χ0) is 21.8. The van der Waals surface area contributed by atoms with Gasteiger partial charge in [0, 0.05) is 23.4 Å². The van der Waals surface area contributed by atoms with E-state index in [2.05, 4.69) is 11.9 Å². The van der Waals surface area contributed by atoms with Crippen LogP contribution in [0.15, 0.2) is 49.1 Å². The first kappa shape index (κ1) is 20.5. The quantitative estimate of drug-likeness (QED) is 0.748. The fourth-order valence-corrected chi connectivity index (χ4v) is 4.87. The molecule has 0 bridgehead atoms. The number of likely N-dealkylation sites (tertiary alicyclic amines) is 1. The highest BCUT2D eigenvalue weighted by Crippen LogP contribution is 2.44. The summed E-state index contributed by atoms with van der Waals surface area (Å²) in [5.41, 5.74) is 3.71. The molecule has 2 aromatic rings. The Morgan fingerprint density at radius 1 is 1.20 bits per heavy atom. The summed E-state index contributed by atoms with van der Waals surface area (Å²) in [7, 11) is 1.81. The van der Waals surface area contributed by atoms with E-state index < -0.39 is 11.0 Å². The number of amides is 2. The van der Waals surface area contributed by atoms with Crippen molar-refractivity contribution in [3.63, 3.8) is 0 Å². The second-order valence-electron chi connectivity index (χ2n) is 8.76. The fourth-order valence-electron chi connectivity index (χ4n) is 4.56. The van der Waals surface area contributed by atoms with Gasteiger partial charge in [-0.1, -0.05) is 42.4 Å². The second kappa shape index (κ2) is 6.88. The molecule has 0 aromatic heterocycles. The molecule has 1 saturated heterocycles. The summed E-state index contributed by atoms with van der Waals surface area (Å²) >= 11 is 6.67. The molecule has 0 saturated carbocycles. The van der Waals surface area contributed by atoms with Crippen LogP contribution in [-0.4, -0.2) is 36.9 Å². The summed E-state index contributed by atoms with van der Waals surface area (Å²) < 4.78 is 0. The van der Waals surface area contributed by atoms with E-state index in [1.165, 1.54) is 6.08 Å². The smallest absolute Gasteiger partial charge is 0.246 e. The number of aryl methyl sites for hydroxylation is 1. The fraction of sp³-hybridized carbons (Fsp3) is 0.333. The normalized spacial score (nSPS) is 18.6. The zero-order valence-electron chi connectivity index (χ0n) is 17.8. The van der Waals surface area contributed by atoms with Crippen molar-refractivity contribution in [1.29, 1.82) is 0 Å². The first-order valence-electron chi connectivity index (χ1n) is 9.98. The number of carbonyl (C=O) groups is 2. The third-order valence-electron chi connectivity index (χ3n) is 6.37. The number of benzene rings is 2. The number of carbonyl (C=O) groups excluding carboxylic acids is 2. The Hall–Kier alpha value is -2.79. The monoisotopic (exact) mass is 423 g/mol. The van der Waals surface area contributed by atoms with Crippen LogP contribution in [0, 0.1) is 6.92 Å². The van der Waals surface area contributed by atoms with Crippen LogP contribution in [0.5, 0.6) is 0 Å². The summed E-state index contributed by atoms with van der Waals surface area (Å²) in [6, 6.07) is 12.0. The van der Waals surface area contributed by atoms with Gasteiger partial charge in [0.05, 0.1) is 24.0 Å². The summed E-state index contributed by atoms with van der Waals surface area (Å²) in [5.74, 6) is -0.0188. The molecule has 1 N–H and O–H groups in total. The van der Waals surface area contributed by atoms with E-state index in [1.54, 1.807) is 16.8 Å². The van der Waals surface area contributed by atoms with Crippen LogP contribution < -0.4 is 10.2 Å². The first-order chi connectivity index (χ1) is 14.1. The summed E-state index contributed by atoms with van der Waals surface area (Å²) in [4.78, 5) is 28.2. The number of nitrogens with one attached hydrogen (secondary N) is 1. The highest BCUT2D eigenvalue weighted by molar-refractivity contribution is 6.32.